The number of benzene rings is 3. The molecule has 0 fully saturated rings. The number of hydrogen-bond acceptors (Lipinski definition) is 6. The first-order valence-electron chi connectivity index (χ1n) is 11.0. The van der Waals surface area contributed by atoms with Gasteiger partial charge in [-0.25, -0.2) is 8.42 Å². The van der Waals surface area contributed by atoms with Gasteiger partial charge in [0.1, 0.15) is 0 Å². The lowest BCUT2D eigenvalue weighted by Gasteiger charge is -2.13. The molecule has 0 radical (unpaired) electrons. The minimum Gasteiger partial charge on any atom is -0.466 e. The smallest absolute Gasteiger partial charge is 0.310 e. The summed E-state index contributed by atoms with van der Waals surface area (Å²) in [5.74, 6) is -0.345. The van der Waals surface area contributed by atoms with E-state index >= 15 is 0 Å². The second kappa shape index (κ2) is 12.1. The number of hydrogen-bond donors (Lipinski definition) is 2. The molecule has 0 saturated heterocycles. The largest absolute Gasteiger partial charge is 0.466 e. The molecule has 0 saturated carbocycles. The van der Waals surface area contributed by atoms with Crippen LogP contribution < -0.4 is 5.32 Å². The molecule has 0 bridgehead atoms. The number of nitrogens with one attached hydrogen (secondary N) is 1. The number of aliphatic hydroxyl groups excluding tert-OH is 1. The maximum Gasteiger partial charge on any atom is 0.310 e. The van der Waals surface area contributed by atoms with Crippen LogP contribution in [0.4, 0.5) is 0 Å². The predicted molar refractivity (Wildman–Crippen MR) is 132 cm³/mol. The van der Waals surface area contributed by atoms with Crippen molar-refractivity contribution in [1.82, 2.24) is 5.32 Å². The van der Waals surface area contributed by atoms with Gasteiger partial charge in [-0.3, -0.25) is 4.79 Å². The van der Waals surface area contributed by atoms with E-state index in [0.29, 0.717) is 36.7 Å². The SMILES string of the molecule is CCOC(=O)Cc1ccc(S(=O)(=O)c2ccc(CCNC[C@H](O)c3cccc(Cl)c3)cc2)cc1. The van der Waals surface area contributed by atoms with Crippen molar-refractivity contribution >= 4 is 27.4 Å². The van der Waals surface area contributed by atoms with Gasteiger partial charge >= 0.3 is 5.97 Å². The van der Waals surface area contributed by atoms with Gasteiger partial charge in [0.2, 0.25) is 9.84 Å². The fourth-order valence-corrected chi connectivity index (χ4v) is 4.90. The summed E-state index contributed by atoms with van der Waals surface area (Å²) < 4.78 is 30.8. The Morgan fingerprint density at radius 2 is 1.62 bits per heavy atom. The summed E-state index contributed by atoms with van der Waals surface area (Å²) in [5, 5.41) is 14.0. The van der Waals surface area contributed by atoms with Crippen molar-refractivity contribution in [3.8, 4) is 0 Å². The molecule has 0 aliphatic heterocycles. The van der Waals surface area contributed by atoms with Gasteiger partial charge in [0, 0.05) is 11.6 Å². The molecule has 0 spiro atoms. The number of halogens is 1. The van der Waals surface area contributed by atoms with Crippen LogP contribution in [0.15, 0.2) is 82.6 Å². The molecule has 3 aromatic rings. The highest BCUT2D eigenvalue weighted by molar-refractivity contribution is 7.91. The van der Waals surface area contributed by atoms with Gasteiger partial charge in [0.25, 0.3) is 0 Å². The van der Waals surface area contributed by atoms with E-state index in [0.717, 1.165) is 11.1 Å². The third-order valence-corrected chi connectivity index (χ3v) is 7.30. The van der Waals surface area contributed by atoms with Crippen molar-refractivity contribution in [2.75, 3.05) is 19.7 Å². The van der Waals surface area contributed by atoms with Crippen molar-refractivity contribution in [3.05, 3.63) is 94.5 Å². The number of esters is 1. The van der Waals surface area contributed by atoms with Crippen molar-refractivity contribution < 1.29 is 23.1 Å². The van der Waals surface area contributed by atoms with Crippen LogP contribution in [0.1, 0.15) is 29.7 Å². The van der Waals surface area contributed by atoms with Crippen LogP contribution in [0.2, 0.25) is 5.02 Å². The molecule has 0 unspecified atom stereocenters. The van der Waals surface area contributed by atoms with E-state index in [1.165, 1.54) is 12.1 Å². The van der Waals surface area contributed by atoms with Crippen LogP contribution in [0, 0.1) is 0 Å². The van der Waals surface area contributed by atoms with Crippen LogP contribution in [-0.4, -0.2) is 39.2 Å². The summed E-state index contributed by atoms with van der Waals surface area (Å²) in [7, 11) is -3.66. The zero-order chi connectivity index (χ0) is 24.6. The molecule has 180 valence electrons. The first-order valence-corrected chi connectivity index (χ1v) is 12.9. The first kappa shape index (κ1) is 25.9. The van der Waals surface area contributed by atoms with Crippen LogP contribution in [-0.2, 0) is 32.2 Å². The van der Waals surface area contributed by atoms with Crippen molar-refractivity contribution in [1.29, 1.82) is 0 Å². The molecule has 0 aliphatic carbocycles. The van der Waals surface area contributed by atoms with Crippen molar-refractivity contribution in [2.45, 2.75) is 35.7 Å². The molecule has 0 aliphatic rings. The van der Waals surface area contributed by atoms with Gasteiger partial charge in [0.15, 0.2) is 0 Å². The van der Waals surface area contributed by atoms with E-state index in [1.807, 2.05) is 6.07 Å². The molecular weight excluding hydrogens is 474 g/mol. The highest BCUT2D eigenvalue weighted by atomic mass is 35.5. The molecule has 8 heteroatoms. The van der Waals surface area contributed by atoms with E-state index in [-0.39, 0.29) is 22.2 Å². The average molecular weight is 502 g/mol. The lowest BCUT2D eigenvalue weighted by molar-refractivity contribution is -0.142. The van der Waals surface area contributed by atoms with Gasteiger partial charge < -0.3 is 15.2 Å². The Morgan fingerprint density at radius 3 is 2.21 bits per heavy atom. The lowest BCUT2D eigenvalue weighted by Crippen LogP contribution is -2.23. The van der Waals surface area contributed by atoms with E-state index in [4.69, 9.17) is 16.3 Å². The molecular formula is C26H28ClNO5S. The second-order valence-electron chi connectivity index (χ2n) is 7.80. The number of carbonyl (C=O) groups excluding carboxylic acids is 1. The quantitative estimate of drug-likeness (QED) is 0.303. The normalized spacial score (nSPS) is 12.3. The first-order chi connectivity index (χ1) is 16.3. The minimum absolute atomic E-state index is 0.104. The monoisotopic (exact) mass is 501 g/mol. The topological polar surface area (TPSA) is 92.7 Å². The summed E-state index contributed by atoms with van der Waals surface area (Å²) in [6.07, 6.45) is 0.132. The summed E-state index contributed by atoms with van der Waals surface area (Å²) in [4.78, 5) is 12.0. The zero-order valence-corrected chi connectivity index (χ0v) is 20.5. The Balaban J connectivity index is 1.53. The van der Waals surface area contributed by atoms with Gasteiger partial charge in [-0.05, 0) is 73.0 Å². The third kappa shape index (κ3) is 7.14. The summed E-state index contributed by atoms with van der Waals surface area (Å²) in [6, 6.07) is 20.2. The van der Waals surface area contributed by atoms with E-state index in [1.54, 1.807) is 61.5 Å². The fourth-order valence-electron chi connectivity index (χ4n) is 3.44. The second-order valence-corrected chi connectivity index (χ2v) is 10.2. The molecule has 3 rings (SSSR count). The van der Waals surface area contributed by atoms with Gasteiger partial charge in [-0.15, -0.1) is 0 Å². The standard InChI is InChI=1S/C26H28ClNO5S/c1-2-33-26(30)16-20-8-12-24(13-9-20)34(31,32)23-10-6-19(7-11-23)14-15-28-18-25(29)21-4-3-5-22(27)17-21/h3-13,17,25,28-29H,2,14-16,18H2,1H3/t25-/m0/s1. The third-order valence-electron chi connectivity index (χ3n) is 5.28. The van der Waals surface area contributed by atoms with Gasteiger partial charge in [-0.1, -0.05) is 48.0 Å². The lowest BCUT2D eigenvalue weighted by atomic mass is 10.1. The van der Waals surface area contributed by atoms with Crippen LogP contribution >= 0.6 is 11.6 Å². The maximum absolute atomic E-state index is 12.9. The Labute approximate surface area is 205 Å². The molecule has 2 N–H and O–H groups in total. The van der Waals surface area contributed by atoms with Crippen LogP contribution in [0.5, 0.6) is 0 Å². The Hall–Kier alpha value is -2.71. The molecule has 0 heterocycles. The molecule has 1 atom stereocenters. The van der Waals surface area contributed by atoms with E-state index < -0.39 is 15.9 Å². The average Bonchev–Trinajstić information content (AvgIpc) is 2.82. The Morgan fingerprint density at radius 1 is 1.00 bits per heavy atom. The Bertz CT molecular complexity index is 1190. The fraction of sp³-hybridized carbons (Fsp3) is 0.269. The van der Waals surface area contributed by atoms with Crippen molar-refractivity contribution in [2.24, 2.45) is 0 Å². The number of sulfone groups is 1. The summed E-state index contributed by atoms with van der Waals surface area (Å²) in [5.41, 5.74) is 2.43. The van der Waals surface area contributed by atoms with Crippen LogP contribution in [0.25, 0.3) is 0 Å². The number of ether oxygens (including phenoxy) is 1. The molecule has 0 amide bonds. The number of carbonyl (C=O) groups is 1. The summed E-state index contributed by atoms with van der Waals surface area (Å²) in [6.45, 7) is 3.06. The highest BCUT2D eigenvalue weighted by Gasteiger charge is 2.18. The van der Waals surface area contributed by atoms with Gasteiger partial charge in [-0.2, -0.15) is 0 Å². The summed E-state index contributed by atoms with van der Waals surface area (Å²) >= 11 is 5.96. The zero-order valence-electron chi connectivity index (χ0n) is 18.9. The molecule has 0 aromatic heterocycles. The highest BCUT2D eigenvalue weighted by Crippen LogP contribution is 2.22. The number of rotatable bonds is 11. The van der Waals surface area contributed by atoms with Crippen LogP contribution in [0.3, 0.4) is 0 Å². The number of aliphatic hydroxyl groups is 1. The maximum atomic E-state index is 12.9. The molecule has 6 nitrogen and oxygen atoms in total. The molecule has 34 heavy (non-hydrogen) atoms. The Kier molecular flexibility index (Phi) is 9.24. The predicted octanol–water partition coefficient (Wildman–Crippen LogP) is 4.14. The molecule has 3 aromatic carbocycles. The minimum atomic E-state index is -3.66. The van der Waals surface area contributed by atoms with E-state index in [9.17, 15) is 18.3 Å². The van der Waals surface area contributed by atoms with Gasteiger partial charge in [0.05, 0.1) is 28.9 Å². The van der Waals surface area contributed by atoms with Crippen molar-refractivity contribution in [3.63, 3.8) is 0 Å². The van der Waals surface area contributed by atoms with E-state index in [2.05, 4.69) is 5.32 Å².